The van der Waals surface area contributed by atoms with E-state index >= 15 is 8.78 Å². The summed E-state index contributed by atoms with van der Waals surface area (Å²) in [6.45, 7) is -3.16. The number of alkyl halides is 3. The van der Waals surface area contributed by atoms with Crippen molar-refractivity contribution in [1.29, 1.82) is 0 Å². The van der Waals surface area contributed by atoms with Crippen molar-refractivity contribution >= 4 is 23.1 Å². The van der Waals surface area contributed by atoms with Crippen LogP contribution in [0.1, 0.15) is 48.5 Å². The number of amides is 1. The van der Waals surface area contributed by atoms with Crippen LogP contribution < -0.4 is 15.8 Å². The third-order valence-electron chi connectivity index (χ3n) is 8.15. The average Bonchev–Trinajstić information content (AvgIpc) is 3.28. The Bertz CT molecular complexity index is 1380. The van der Waals surface area contributed by atoms with E-state index in [9.17, 15) is 18.7 Å². The lowest BCUT2D eigenvalue weighted by Gasteiger charge is -2.37. The summed E-state index contributed by atoms with van der Waals surface area (Å²) in [4.78, 5) is 12.4. The molecule has 7 nitrogen and oxygen atoms in total. The van der Waals surface area contributed by atoms with Gasteiger partial charge in [0, 0.05) is 48.0 Å². The molecule has 4 atom stereocenters. The molecule has 1 amide bonds. The molecule has 4 N–H and O–H groups in total. The van der Waals surface area contributed by atoms with Crippen molar-refractivity contribution < 1.29 is 41.7 Å². The molecule has 0 aromatic heterocycles. The number of aliphatic hydroxyl groups is 1. The van der Waals surface area contributed by atoms with Crippen LogP contribution in [0.5, 0.6) is 5.75 Å². The predicted molar refractivity (Wildman–Crippen MR) is 147 cm³/mol. The minimum atomic E-state index is -3.32. The Balaban J connectivity index is 1.67. The maximum atomic E-state index is 16.0. The molecule has 2 unspecified atom stereocenters. The van der Waals surface area contributed by atoms with Gasteiger partial charge < -0.3 is 30.4 Å². The number of carbonyl (C=O) groups excluding carboxylic acids is 1. The zero-order valence-electron chi connectivity index (χ0n) is 22.7. The van der Waals surface area contributed by atoms with E-state index in [2.05, 4.69) is 10.1 Å². The second-order valence-electron chi connectivity index (χ2n) is 10.6. The fourth-order valence-electron chi connectivity index (χ4n) is 6.17. The number of methoxy groups -OCH3 is 1. The Kier molecular flexibility index (Phi) is 8.96. The predicted octanol–water partition coefficient (Wildman–Crippen LogP) is 5.10. The van der Waals surface area contributed by atoms with Gasteiger partial charge in [-0.3, -0.25) is 4.79 Å². The Labute approximate surface area is 245 Å². The summed E-state index contributed by atoms with van der Waals surface area (Å²) in [5.74, 6) is -2.08. The number of rotatable bonds is 9. The van der Waals surface area contributed by atoms with E-state index in [-0.39, 0.29) is 41.1 Å². The molecule has 0 bridgehead atoms. The highest BCUT2D eigenvalue weighted by Gasteiger charge is 2.53. The van der Waals surface area contributed by atoms with E-state index in [1.54, 1.807) is 12.1 Å². The second kappa shape index (κ2) is 12.3. The highest BCUT2D eigenvalue weighted by molar-refractivity contribution is 6.33. The average molecular weight is 611 g/mol. The van der Waals surface area contributed by atoms with Gasteiger partial charge in [0.15, 0.2) is 11.8 Å². The van der Waals surface area contributed by atoms with E-state index in [1.165, 1.54) is 7.11 Å². The van der Waals surface area contributed by atoms with Gasteiger partial charge in [-0.15, -0.1) is 0 Å². The maximum absolute atomic E-state index is 16.0. The molecule has 0 radical (unpaired) electrons. The number of hydrogen-bond acceptors (Lipinski definition) is 6. The largest absolute Gasteiger partial charge is 0.478 e. The molecular formula is C30H31ClF4N2O5. The summed E-state index contributed by atoms with van der Waals surface area (Å²) in [6.07, 6.45) is -0.820. The van der Waals surface area contributed by atoms with Crippen molar-refractivity contribution in [2.45, 2.75) is 68.4 Å². The van der Waals surface area contributed by atoms with E-state index < -0.39 is 52.9 Å². The molecule has 1 fully saturated rings. The molecule has 3 aliphatic rings. The number of nitrogens with two attached hydrogens (primary N) is 1. The Hall–Kier alpha value is -2.96. The normalized spacial score (nSPS) is 29.1. The van der Waals surface area contributed by atoms with Gasteiger partial charge in [-0.1, -0.05) is 54.1 Å². The summed E-state index contributed by atoms with van der Waals surface area (Å²) >= 11 is 6.48. The summed E-state index contributed by atoms with van der Waals surface area (Å²) in [5.41, 5.74) is 3.88. The Morgan fingerprint density at radius 2 is 1.93 bits per heavy atom. The van der Waals surface area contributed by atoms with Crippen molar-refractivity contribution in [3.63, 3.8) is 0 Å². The van der Waals surface area contributed by atoms with Crippen molar-refractivity contribution in [3.05, 3.63) is 81.7 Å². The number of fused-ring (bicyclic) bond motifs is 1. The first-order valence-electron chi connectivity index (χ1n) is 13.6. The molecule has 12 heteroatoms. The molecule has 5 rings (SSSR count). The smallest absolute Gasteiger partial charge is 0.345 e. The molecular weight excluding hydrogens is 580 g/mol. The minimum absolute atomic E-state index is 0.0205. The third kappa shape index (κ3) is 5.56. The highest BCUT2D eigenvalue weighted by atomic mass is 35.5. The number of hydrogen-bond donors (Lipinski definition) is 3. The van der Waals surface area contributed by atoms with Crippen LogP contribution in [0.4, 0.5) is 17.6 Å². The number of carbonyl (C=O) groups is 1. The molecule has 0 spiro atoms. The molecule has 1 heterocycles. The van der Waals surface area contributed by atoms with Crippen molar-refractivity contribution in [1.82, 2.24) is 5.32 Å². The minimum Gasteiger partial charge on any atom is -0.478 e. The monoisotopic (exact) mass is 610 g/mol. The summed E-state index contributed by atoms with van der Waals surface area (Å²) in [5, 5.41) is 12.9. The molecule has 226 valence electrons. The van der Waals surface area contributed by atoms with Gasteiger partial charge in [-0.2, -0.15) is 8.78 Å². The van der Waals surface area contributed by atoms with Gasteiger partial charge in [-0.25, -0.2) is 8.78 Å². The summed E-state index contributed by atoms with van der Waals surface area (Å²) < 4.78 is 74.7. The summed E-state index contributed by atoms with van der Waals surface area (Å²) in [7, 11) is 1.40. The number of halogens is 5. The van der Waals surface area contributed by atoms with E-state index in [1.807, 2.05) is 18.2 Å². The van der Waals surface area contributed by atoms with Gasteiger partial charge in [0.1, 0.15) is 23.8 Å². The number of primary amides is 1. The molecule has 0 saturated heterocycles. The quantitative estimate of drug-likeness (QED) is 0.342. The van der Waals surface area contributed by atoms with Gasteiger partial charge in [0.25, 0.3) is 0 Å². The van der Waals surface area contributed by atoms with Crippen LogP contribution in [0.2, 0.25) is 5.02 Å². The topological polar surface area (TPSA) is 103 Å². The molecule has 2 aromatic rings. The first-order chi connectivity index (χ1) is 20.1. The second-order valence-corrected chi connectivity index (χ2v) is 11.0. The lowest BCUT2D eigenvalue weighted by Crippen LogP contribution is -2.49. The molecule has 2 aromatic carbocycles. The van der Waals surface area contributed by atoms with Gasteiger partial charge in [-0.05, 0) is 31.2 Å². The first-order valence-corrected chi connectivity index (χ1v) is 14.0. The Morgan fingerprint density at radius 1 is 1.24 bits per heavy atom. The van der Waals surface area contributed by atoms with E-state index in [0.29, 0.717) is 18.4 Å². The van der Waals surface area contributed by atoms with Gasteiger partial charge in [0.05, 0.1) is 11.1 Å². The van der Waals surface area contributed by atoms with Gasteiger partial charge >= 0.3 is 6.61 Å². The lowest BCUT2D eigenvalue weighted by atomic mass is 9.80. The van der Waals surface area contributed by atoms with Crippen LogP contribution in [0.15, 0.2) is 54.1 Å². The van der Waals surface area contributed by atoms with Crippen LogP contribution in [-0.4, -0.2) is 55.7 Å². The van der Waals surface area contributed by atoms with Crippen LogP contribution in [0.3, 0.4) is 0 Å². The number of aliphatic hydroxyl groups excluding tert-OH is 1. The number of ether oxygens (including phenoxy) is 3. The van der Waals surface area contributed by atoms with Crippen LogP contribution in [0.25, 0.3) is 5.57 Å². The zero-order chi connectivity index (χ0) is 30.2. The molecule has 1 aliphatic heterocycles. The number of nitrogens with one attached hydrogen (secondary N) is 1. The third-order valence-corrected chi connectivity index (χ3v) is 8.52. The van der Waals surface area contributed by atoms with Crippen molar-refractivity contribution in [2.75, 3.05) is 13.7 Å². The Morgan fingerprint density at radius 3 is 2.55 bits per heavy atom. The fraction of sp³-hybridized carbons (Fsp3) is 0.433. The molecule has 1 saturated carbocycles. The first kappa shape index (κ1) is 30.5. The highest BCUT2D eigenvalue weighted by Crippen LogP contribution is 2.56. The SMILES string of the molecule is CO[C@H]1c2c(cc(F)c(Cl)c2C2=C(C(N)=O)C=CC(OC(F)F)C2F)O[C@]1(CNC1CCC(O)CC1)c1ccccc1. The van der Waals surface area contributed by atoms with Crippen LogP contribution in [0, 0.1) is 5.82 Å². The van der Waals surface area contributed by atoms with Crippen LogP contribution >= 0.6 is 11.6 Å². The standard InChI is InChI=1S/C30H31ClF4N2O5/c1-40-27-23-21(42-30(27,15-5-3-2-4-6-15)14-37-16-7-9-17(38)10-8-16)13-19(32)25(31)24(23)22-18(28(36)39)11-12-20(26(22)33)41-29(34)35/h2-6,11-13,16-17,20,26-27,29,37-38H,7-10,14H2,1H3,(H2,36,39)/t16?,17?,20?,26?,27-,30+/m0/s1. The lowest BCUT2D eigenvalue weighted by molar-refractivity contribution is -0.159. The fourth-order valence-corrected chi connectivity index (χ4v) is 6.42. The van der Waals surface area contributed by atoms with Crippen LogP contribution in [-0.2, 0) is 19.9 Å². The van der Waals surface area contributed by atoms with Crippen molar-refractivity contribution in [2.24, 2.45) is 5.73 Å². The summed E-state index contributed by atoms with van der Waals surface area (Å²) in [6, 6.07) is 10.1. The van der Waals surface area contributed by atoms with Crippen molar-refractivity contribution in [3.8, 4) is 5.75 Å². The zero-order valence-corrected chi connectivity index (χ0v) is 23.4. The van der Waals surface area contributed by atoms with E-state index in [0.717, 1.165) is 31.1 Å². The molecule has 42 heavy (non-hydrogen) atoms. The number of benzene rings is 2. The maximum Gasteiger partial charge on any atom is 0.345 e. The van der Waals surface area contributed by atoms with E-state index in [4.69, 9.17) is 26.8 Å². The molecule has 2 aliphatic carbocycles. The van der Waals surface area contributed by atoms with Gasteiger partial charge in [0.2, 0.25) is 5.91 Å².